The highest BCUT2D eigenvalue weighted by atomic mass is 16.6. The van der Waals surface area contributed by atoms with Crippen molar-refractivity contribution in [1.82, 2.24) is 0 Å². The molecular weight excluding hydrogens is 148 g/mol. The molecule has 1 saturated heterocycles. The zero-order valence-corrected chi connectivity index (χ0v) is 8.25. The first kappa shape index (κ1) is 8.55. The van der Waals surface area contributed by atoms with Crippen molar-refractivity contribution in [2.75, 3.05) is 0 Å². The topological polar surface area (TPSA) is 12.5 Å². The lowest BCUT2D eigenvalue weighted by molar-refractivity contribution is 0.214. The molecule has 70 valence electrons. The van der Waals surface area contributed by atoms with E-state index in [1.54, 1.807) is 0 Å². The predicted octanol–water partition coefficient (Wildman–Crippen LogP) is 2.99. The molecule has 0 bridgehead atoms. The fourth-order valence-corrected chi connectivity index (χ4v) is 2.68. The molecular formula is C11H20O. The smallest absolute Gasteiger partial charge is 0.0867 e. The lowest BCUT2D eigenvalue weighted by atomic mass is 9.79. The maximum Gasteiger partial charge on any atom is 0.0867 e. The van der Waals surface area contributed by atoms with Crippen molar-refractivity contribution in [3.63, 3.8) is 0 Å². The Morgan fingerprint density at radius 3 is 2.25 bits per heavy atom. The van der Waals surface area contributed by atoms with Crippen LogP contribution in [0.5, 0.6) is 0 Å². The van der Waals surface area contributed by atoms with E-state index in [0.29, 0.717) is 12.2 Å². The van der Waals surface area contributed by atoms with Gasteiger partial charge in [0.25, 0.3) is 0 Å². The molecule has 0 aromatic heterocycles. The minimum Gasteiger partial charge on any atom is -0.370 e. The highest BCUT2D eigenvalue weighted by Crippen LogP contribution is 2.39. The second-order valence-electron chi connectivity index (χ2n) is 4.56. The van der Waals surface area contributed by atoms with Gasteiger partial charge in [0, 0.05) is 0 Å². The van der Waals surface area contributed by atoms with E-state index in [1.807, 2.05) is 0 Å². The van der Waals surface area contributed by atoms with Gasteiger partial charge in [-0.15, -0.1) is 0 Å². The number of hydrogen-bond donors (Lipinski definition) is 0. The van der Waals surface area contributed by atoms with E-state index in [1.165, 1.54) is 32.1 Å². The SMILES string of the molecule is CC1OC1C(C)C1CCCCC1. The average Bonchev–Trinajstić information content (AvgIpc) is 2.83. The maximum atomic E-state index is 5.53. The second-order valence-corrected chi connectivity index (χ2v) is 4.56. The van der Waals surface area contributed by atoms with E-state index in [4.69, 9.17) is 4.74 Å². The molecule has 1 nitrogen and oxygen atoms in total. The number of ether oxygens (including phenoxy) is 1. The van der Waals surface area contributed by atoms with Crippen molar-refractivity contribution in [1.29, 1.82) is 0 Å². The number of epoxide rings is 1. The fraction of sp³-hybridized carbons (Fsp3) is 1.00. The summed E-state index contributed by atoms with van der Waals surface area (Å²) in [5, 5.41) is 0. The normalized spacial score (nSPS) is 39.5. The largest absolute Gasteiger partial charge is 0.370 e. The van der Waals surface area contributed by atoms with E-state index in [9.17, 15) is 0 Å². The molecule has 3 atom stereocenters. The zero-order valence-electron chi connectivity index (χ0n) is 8.25. The van der Waals surface area contributed by atoms with E-state index in [0.717, 1.165) is 11.8 Å². The summed E-state index contributed by atoms with van der Waals surface area (Å²) in [5.41, 5.74) is 0. The van der Waals surface area contributed by atoms with Gasteiger partial charge in [0.05, 0.1) is 12.2 Å². The molecule has 1 saturated carbocycles. The van der Waals surface area contributed by atoms with E-state index in [-0.39, 0.29) is 0 Å². The highest BCUT2D eigenvalue weighted by molar-refractivity contribution is 4.89. The third kappa shape index (κ3) is 1.66. The second kappa shape index (κ2) is 3.37. The van der Waals surface area contributed by atoms with Crippen LogP contribution < -0.4 is 0 Å². The van der Waals surface area contributed by atoms with Gasteiger partial charge in [0.15, 0.2) is 0 Å². The Morgan fingerprint density at radius 1 is 1.17 bits per heavy atom. The first-order valence-corrected chi connectivity index (χ1v) is 5.44. The van der Waals surface area contributed by atoms with Crippen LogP contribution in [0.2, 0.25) is 0 Å². The molecule has 0 N–H and O–H groups in total. The minimum atomic E-state index is 0.557. The molecule has 3 unspecified atom stereocenters. The Kier molecular flexibility index (Phi) is 2.40. The van der Waals surface area contributed by atoms with Gasteiger partial charge in [-0.05, 0) is 18.8 Å². The number of hydrogen-bond acceptors (Lipinski definition) is 1. The molecule has 0 aromatic carbocycles. The first-order valence-electron chi connectivity index (χ1n) is 5.44. The van der Waals surface area contributed by atoms with Gasteiger partial charge in [-0.25, -0.2) is 0 Å². The van der Waals surface area contributed by atoms with Crippen LogP contribution in [0.4, 0.5) is 0 Å². The van der Waals surface area contributed by atoms with Crippen LogP contribution >= 0.6 is 0 Å². The van der Waals surface area contributed by atoms with Crippen molar-refractivity contribution in [3.8, 4) is 0 Å². The summed E-state index contributed by atoms with van der Waals surface area (Å²) in [4.78, 5) is 0. The summed E-state index contributed by atoms with van der Waals surface area (Å²) in [6, 6.07) is 0. The van der Waals surface area contributed by atoms with Crippen molar-refractivity contribution >= 4 is 0 Å². The molecule has 12 heavy (non-hydrogen) atoms. The molecule has 0 aromatic rings. The zero-order chi connectivity index (χ0) is 8.55. The molecule has 0 amide bonds. The summed E-state index contributed by atoms with van der Waals surface area (Å²) in [6.45, 7) is 4.58. The van der Waals surface area contributed by atoms with E-state index in [2.05, 4.69) is 13.8 Å². The van der Waals surface area contributed by atoms with Crippen LogP contribution in [0.15, 0.2) is 0 Å². The summed E-state index contributed by atoms with van der Waals surface area (Å²) >= 11 is 0. The highest BCUT2D eigenvalue weighted by Gasteiger charge is 2.42. The van der Waals surface area contributed by atoms with Crippen molar-refractivity contribution < 1.29 is 4.74 Å². The van der Waals surface area contributed by atoms with Crippen LogP contribution in [0.1, 0.15) is 46.0 Å². The lowest BCUT2D eigenvalue weighted by Crippen LogP contribution is -2.20. The lowest BCUT2D eigenvalue weighted by Gasteiger charge is -2.26. The standard InChI is InChI=1S/C11H20O/c1-8(11-9(2)12-11)10-6-4-3-5-7-10/h8-11H,3-7H2,1-2H3. The maximum absolute atomic E-state index is 5.53. The predicted molar refractivity (Wildman–Crippen MR) is 50.1 cm³/mol. The van der Waals surface area contributed by atoms with Crippen molar-refractivity contribution in [3.05, 3.63) is 0 Å². The summed E-state index contributed by atoms with van der Waals surface area (Å²) in [6.07, 6.45) is 8.44. The molecule has 0 radical (unpaired) electrons. The van der Waals surface area contributed by atoms with Crippen LogP contribution in [-0.2, 0) is 4.74 Å². The molecule has 0 spiro atoms. The third-order valence-corrected chi connectivity index (χ3v) is 3.67. The van der Waals surface area contributed by atoms with Gasteiger partial charge in [0.2, 0.25) is 0 Å². The van der Waals surface area contributed by atoms with Gasteiger partial charge in [-0.3, -0.25) is 0 Å². The average molecular weight is 168 g/mol. The monoisotopic (exact) mass is 168 g/mol. The Labute approximate surface area is 75.5 Å². The number of rotatable bonds is 2. The van der Waals surface area contributed by atoms with Gasteiger partial charge in [0.1, 0.15) is 0 Å². The minimum absolute atomic E-state index is 0.557. The third-order valence-electron chi connectivity index (χ3n) is 3.67. The molecule has 1 heteroatoms. The van der Waals surface area contributed by atoms with Crippen molar-refractivity contribution in [2.45, 2.75) is 58.2 Å². The molecule has 2 fully saturated rings. The van der Waals surface area contributed by atoms with Gasteiger partial charge in [-0.2, -0.15) is 0 Å². The van der Waals surface area contributed by atoms with E-state index < -0.39 is 0 Å². The summed E-state index contributed by atoms with van der Waals surface area (Å²) in [7, 11) is 0. The Hall–Kier alpha value is -0.0400. The quantitative estimate of drug-likeness (QED) is 0.577. The summed E-state index contributed by atoms with van der Waals surface area (Å²) in [5.74, 6) is 1.79. The van der Waals surface area contributed by atoms with Crippen LogP contribution in [0, 0.1) is 11.8 Å². The molecule has 2 aliphatic rings. The van der Waals surface area contributed by atoms with E-state index >= 15 is 0 Å². The fourth-order valence-electron chi connectivity index (χ4n) is 2.68. The van der Waals surface area contributed by atoms with Gasteiger partial charge < -0.3 is 4.74 Å². The van der Waals surface area contributed by atoms with Crippen LogP contribution in [0.25, 0.3) is 0 Å². The Balaban J connectivity index is 1.82. The van der Waals surface area contributed by atoms with Gasteiger partial charge in [-0.1, -0.05) is 39.0 Å². The van der Waals surface area contributed by atoms with Crippen LogP contribution in [-0.4, -0.2) is 12.2 Å². The Morgan fingerprint density at radius 2 is 1.75 bits per heavy atom. The Bertz CT molecular complexity index is 149. The summed E-state index contributed by atoms with van der Waals surface area (Å²) < 4.78 is 5.53. The molecule has 1 aliphatic carbocycles. The van der Waals surface area contributed by atoms with Crippen molar-refractivity contribution in [2.24, 2.45) is 11.8 Å². The molecule has 2 rings (SSSR count). The van der Waals surface area contributed by atoms with Gasteiger partial charge >= 0.3 is 0 Å². The molecule has 1 heterocycles. The molecule has 1 aliphatic heterocycles. The first-order chi connectivity index (χ1) is 5.79. The van der Waals surface area contributed by atoms with Crippen LogP contribution in [0.3, 0.4) is 0 Å².